The molecular formula is C21H26N6OS. The Balaban J connectivity index is 1.28. The topological polar surface area (TPSA) is 99.9 Å². The second kappa shape index (κ2) is 7.76. The predicted octanol–water partition coefficient (Wildman–Crippen LogP) is 3.79. The number of nitrogens with zero attached hydrogens (tertiary/aromatic N) is 3. The Labute approximate surface area is 173 Å². The summed E-state index contributed by atoms with van der Waals surface area (Å²) >= 11 is 1.60. The van der Waals surface area contributed by atoms with Crippen LogP contribution in [0.5, 0.6) is 0 Å². The lowest BCUT2D eigenvalue weighted by Crippen LogP contribution is -2.34. The van der Waals surface area contributed by atoms with Gasteiger partial charge in [0.1, 0.15) is 5.52 Å². The highest BCUT2D eigenvalue weighted by molar-refractivity contribution is 7.15. The zero-order valence-electron chi connectivity index (χ0n) is 16.4. The molecule has 1 fully saturated rings. The number of benzene rings is 1. The fourth-order valence-electron chi connectivity index (χ4n) is 4.59. The Hall–Kier alpha value is -2.45. The number of H-pyrrole nitrogens is 1. The van der Waals surface area contributed by atoms with Gasteiger partial charge in [0.25, 0.3) is 5.91 Å². The molecule has 1 aromatic carbocycles. The number of carbonyl (C=O) groups excluding carboxylic acids is 1. The van der Waals surface area contributed by atoms with Crippen LogP contribution in [0.25, 0.3) is 11.0 Å². The minimum atomic E-state index is -0.202. The van der Waals surface area contributed by atoms with Crippen LogP contribution in [0.15, 0.2) is 18.2 Å². The van der Waals surface area contributed by atoms with E-state index in [1.165, 1.54) is 43.5 Å². The third-order valence-corrected chi connectivity index (χ3v) is 7.05. The van der Waals surface area contributed by atoms with Crippen molar-refractivity contribution in [1.29, 1.82) is 0 Å². The van der Waals surface area contributed by atoms with E-state index in [0.29, 0.717) is 22.2 Å². The maximum Gasteiger partial charge on any atom is 0.259 e. The third kappa shape index (κ3) is 3.86. The van der Waals surface area contributed by atoms with Crippen LogP contribution in [-0.2, 0) is 13.0 Å². The number of para-hydroxylation sites is 1. The van der Waals surface area contributed by atoms with Crippen molar-refractivity contribution in [3.8, 4) is 0 Å². The standard InChI is InChI=1S/C21H26N6OS/c22-20-23-16-8-4-7-14(18(16)25-20)19(28)26-21-24-15-9-10-27(12-17(15)29-21)11-13-5-2-1-3-6-13/h4,7-8,13H,1-3,5-6,9-12H2,(H3,22,23,25)(H,24,26,28). The summed E-state index contributed by atoms with van der Waals surface area (Å²) in [4.78, 5) is 28.6. The van der Waals surface area contributed by atoms with E-state index >= 15 is 0 Å². The van der Waals surface area contributed by atoms with Gasteiger partial charge in [0, 0.05) is 30.9 Å². The van der Waals surface area contributed by atoms with Gasteiger partial charge >= 0.3 is 0 Å². The number of thiazole rings is 1. The number of rotatable bonds is 4. The molecule has 1 amide bonds. The number of nitrogens with two attached hydrogens (primary N) is 1. The van der Waals surface area contributed by atoms with Gasteiger partial charge in [-0.25, -0.2) is 9.97 Å². The zero-order chi connectivity index (χ0) is 19.8. The number of aromatic nitrogens is 3. The lowest BCUT2D eigenvalue weighted by molar-refractivity contribution is 0.102. The maximum absolute atomic E-state index is 12.8. The van der Waals surface area contributed by atoms with Gasteiger partial charge in [-0.3, -0.25) is 15.0 Å². The summed E-state index contributed by atoms with van der Waals surface area (Å²) in [7, 11) is 0. The van der Waals surface area contributed by atoms with E-state index < -0.39 is 0 Å². The lowest BCUT2D eigenvalue weighted by Gasteiger charge is -2.31. The van der Waals surface area contributed by atoms with E-state index in [9.17, 15) is 4.79 Å². The van der Waals surface area contributed by atoms with Crippen molar-refractivity contribution >= 4 is 39.4 Å². The number of aromatic amines is 1. The van der Waals surface area contributed by atoms with E-state index in [4.69, 9.17) is 5.73 Å². The number of amides is 1. The minimum absolute atomic E-state index is 0.202. The highest BCUT2D eigenvalue weighted by Crippen LogP contribution is 2.31. The van der Waals surface area contributed by atoms with Crippen molar-refractivity contribution in [1.82, 2.24) is 19.9 Å². The maximum atomic E-state index is 12.8. The summed E-state index contributed by atoms with van der Waals surface area (Å²) in [5.74, 6) is 0.953. The average molecular weight is 411 g/mol. The second-order valence-corrected chi connectivity index (χ2v) is 9.24. The quantitative estimate of drug-likeness (QED) is 0.608. The number of nitrogens with one attached hydrogen (secondary N) is 2. The smallest absolute Gasteiger partial charge is 0.259 e. The van der Waals surface area contributed by atoms with Crippen LogP contribution in [0, 0.1) is 5.92 Å². The molecule has 3 aromatic rings. The molecule has 2 aromatic heterocycles. The molecule has 8 heteroatoms. The molecular weight excluding hydrogens is 384 g/mol. The van der Waals surface area contributed by atoms with Gasteiger partial charge in [-0.15, -0.1) is 11.3 Å². The monoisotopic (exact) mass is 410 g/mol. The van der Waals surface area contributed by atoms with Crippen molar-refractivity contribution in [2.24, 2.45) is 5.92 Å². The Kier molecular flexibility index (Phi) is 4.97. The molecule has 4 N–H and O–H groups in total. The van der Waals surface area contributed by atoms with Crippen molar-refractivity contribution in [2.75, 3.05) is 24.1 Å². The number of hydrogen-bond acceptors (Lipinski definition) is 6. The van der Waals surface area contributed by atoms with E-state index in [2.05, 4.69) is 25.2 Å². The molecule has 0 atom stereocenters. The van der Waals surface area contributed by atoms with Crippen molar-refractivity contribution in [3.05, 3.63) is 34.3 Å². The van der Waals surface area contributed by atoms with Crippen molar-refractivity contribution in [3.63, 3.8) is 0 Å². The Morgan fingerprint density at radius 1 is 1.28 bits per heavy atom. The number of fused-ring (bicyclic) bond motifs is 2. The van der Waals surface area contributed by atoms with E-state index in [-0.39, 0.29) is 5.91 Å². The van der Waals surface area contributed by atoms with Crippen LogP contribution >= 0.6 is 11.3 Å². The molecule has 3 heterocycles. The lowest BCUT2D eigenvalue weighted by atomic mass is 9.88. The molecule has 1 aliphatic carbocycles. The van der Waals surface area contributed by atoms with E-state index in [0.717, 1.165) is 36.6 Å². The predicted molar refractivity (Wildman–Crippen MR) is 116 cm³/mol. The first-order valence-electron chi connectivity index (χ1n) is 10.4. The van der Waals surface area contributed by atoms with Crippen LogP contribution in [0.3, 0.4) is 0 Å². The van der Waals surface area contributed by atoms with Crippen LogP contribution in [0.4, 0.5) is 11.1 Å². The second-order valence-electron chi connectivity index (χ2n) is 8.16. The van der Waals surface area contributed by atoms with Gasteiger partial charge in [0.15, 0.2) is 11.1 Å². The number of anilines is 2. The van der Waals surface area contributed by atoms with Crippen molar-refractivity contribution < 1.29 is 4.79 Å². The molecule has 1 aliphatic heterocycles. The number of nitrogen functional groups attached to an aromatic ring is 1. The zero-order valence-corrected chi connectivity index (χ0v) is 17.2. The molecule has 0 unspecified atom stereocenters. The Morgan fingerprint density at radius 2 is 2.14 bits per heavy atom. The molecule has 0 saturated heterocycles. The molecule has 0 radical (unpaired) electrons. The van der Waals surface area contributed by atoms with Gasteiger partial charge in [0.2, 0.25) is 0 Å². The van der Waals surface area contributed by atoms with Gasteiger partial charge in [-0.05, 0) is 30.9 Å². The largest absolute Gasteiger partial charge is 0.369 e. The fourth-order valence-corrected chi connectivity index (χ4v) is 5.64. The summed E-state index contributed by atoms with van der Waals surface area (Å²) in [6, 6.07) is 5.45. The van der Waals surface area contributed by atoms with Crippen LogP contribution < -0.4 is 11.1 Å². The molecule has 0 bridgehead atoms. The van der Waals surface area contributed by atoms with E-state index in [1.54, 1.807) is 17.4 Å². The summed E-state index contributed by atoms with van der Waals surface area (Å²) < 4.78 is 0. The van der Waals surface area contributed by atoms with Crippen molar-refractivity contribution in [2.45, 2.75) is 45.1 Å². The van der Waals surface area contributed by atoms with Gasteiger partial charge < -0.3 is 10.7 Å². The summed E-state index contributed by atoms with van der Waals surface area (Å²) in [5.41, 5.74) is 8.72. The summed E-state index contributed by atoms with van der Waals surface area (Å²) in [6.45, 7) is 3.21. The van der Waals surface area contributed by atoms with Crippen LogP contribution in [-0.4, -0.2) is 38.8 Å². The molecule has 1 saturated carbocycles. The number of carbonyl (C=O) groups is 1. The number of hydrogen-bond donors (Lipinski definition) is 3. The molecule has 29 heavy (non-hydrogen) atoms. The SMILES string of the molecule is Nc1nc2c(C(=O)Nc3nc4c(s3)CN(CC3CCCCC3)CC4)cccc2[nH]1. The number of imidazole rings is 1. The first-order chi connectivity index (χ1) is 14.2. The molecule has 0 spiro atoms. The van der Waals surface area contributed by atoms with Gasteiger partial charge in [-0.1, -0.05) is 25.3 Å². The Bertz CT molecular complexity index is 1040. The molecule has 2 aliphatic rings. The first kappa shape index (κ1) is 18.6. The fraction of sp³-hybridized carbons (Fsp3) is 0.476. The van der Waals surface area contributed by atoms with Crippen LogP contribution in [0.1, 0.15) is 53.0 Å². The van der Waals surface area contributed by atoms with Gasteiger partial charge in [-0.2, -0.15) is 0 Å². The highest BCUT2D eigenvalue weighted by atomic mass is 32.1. The minimum Gasteiger partial charge on any atom is -0.369 e. The third-order valence-electron chi connectivity index (χ3n) is 6.05. The summed E-state index contributed by atoms with van der Waals surface area (Å²) in [6.07, 6.45) is 7.87. The van der Waals surface area contributed by atoms with Crippen LogP contribution in [0.2, 0.25) is 0 Å². The highest BCUT2D eigenvalue weighted by Gasteiger charge is 2.24. The molecule has 7 nitrogen and oxygen atoms in total. The Morgan fingerprint density at radius 3 is 3.00 bits per heavy atom. The molecule has 5 rings (SSSR count). The normalized spacial score (nSPS) is 18.1. The molecule has 152 valence electrons. The summed E-state index contributed by atoms with van der Waals surface area (Å²) in [5, 5.41) is 3.63. The average Bonchev–Trinajstić information content (AvgIpc) is 3.29. The first-order valence-corrected chi connectivity index (χ1v) is 11.2. The van der Waals surface area contributed by atoms with E-state index in [1.807, 2.05) is 12.1 Å². The van der Waals surface area contributed by atoms with Gasteiger partial charge in [0.05, 0.1) is 16.8 Å².